The van der Waals surface area contributed by atoms with Crippen LogP contribution in [0, 0.1) is 5.41 Å². The predicted molar refractivity (Wildman–Crippen MR) is 59.9 cm³/mol. The van der Waals surface area contributed by atoms with Gasteiger partial charge in [0, 0.05) is 12.0 Å². The summed E-state index contributed by atoms with van der Waals surface area (Å²) in [7, 11) is 0. The third-order valence-corrected chi connectivity index (χ3v) is 2.19. The molecular formula is C12H15ClO. The molecule has 0 N–H and O–H groups in total. The maximum atomic E-state index is 11.8. The van der Waals surface area contributed by atoms with E-state index in [1.807, 2.05) is 32.9 Å². The SMILES string of the molecule is CC(C)(C)CC(=O)c1ccccc1Cl. The number of benzene rings is 1. The van der Waals surface area contributed by atoms with Crippen molar-refractivity contribution >= 4 is 17.4 Å². The number of hydrogen-bond donors (Lipinski definition) is 0. The lowest BCUT2D eigenvalue weighted by atomic mass is 9.88. The van der Waals surface area contributed by atoms with Gasteiger partial charge in [-0.05, 0) is 17.5 Å². The molecular weight excluding hydrogens is 196 g/mol. The molecule has 0 radical (unpaired) electrons. The average Bonchev–Trinajstić information content (AvgIpc) is 2.01. The van der Waals surface area contributed by atoms with Crippen molar-refractivity contribution in [1.82, 2.24) is 0 Å². The lowest BCUT2D eigenvalue weighted by Crippen LogP contribution is -2.13. The maximum absolute atomic E-state index is 11.8. The van der Waals surface area contributed by atoms with Crippen LogP contribution in [0.4, 0.5) is 0 Å². The topological polar surface area (TPSA) is 17.1 Å². The van der Waals surface area contributed by atoms with Crippen LogP contribution in [-0.4, -0.2) is 5.78 Å². The number of hydrogen-bond acceptors (Lipinski definition) is 1. The second-order valence-corrected chi connectivity index (χ2v) is 5.05. The molecule has 1 rings (SSSR count). The summed E-state index contributed by atoms with van der Waals surface area (Å²) in [6, 6.07) is 7.19. The highest BCUT2D eigenvalue weighted by Crippen LogP contribution is 2.24. The van der Waals surface area contributed by atoms with Crippen molar-refractivity contribution in [3.63, 3.8) is 0 Å². The van der Waals surface area contributed by atoms with E-state index in [1.165, 1.54) is 0 Å². The van der Waals surface area contributed by atoms with Crippen LogP contribution < -0.4 is 0 Å². The second kappa shape index (κ2) is 4.14. The number of ketones is 1. The number of carbonyl (C=O) groups is 1. The Labute approximate surface area is 90.1 Å². The van der Waals surface area contributed by atoms with E-state index in [9.17, 15) is 4.79 Å². The highest BCUT2D eigenvalue weighted by atomic mass is 35.5. The van der Waals surface area contributed by atoms with Crippen LogP contribution >= 0.6 is 11.6 Å². The maximum Gasteiger partial charge on any atom is 0.164 e. The van der Waals surface area contributed by atoms with Gasteiger partial charge >= 0.3 is 0 Å². The fraction of sp³-hybridized carbons (Fsp3) is 0.417. The van der Waals surface area contributed by atoms with Crippen molar-refractivity contribution in [2.75, 3.05) is 0 Å². The van der Waals surface area contributed by atoms with Crippen molar-refractivity contribution in [3.8, 4) is 0 Å². The molecule has 0 saturated carbocycles. The molecule has 0 aliphatic rings. The number of halogens is 1. The Hall–Kier alpha value is -0.820. The highest BCUT2D eigenvalue weighted by Gasteiger charge is 2.18. The molecule has 1 nitrogen and oxygen atoms in total. The molecule has 76 valence electrons. The van der Waals surface area contributed by atoms with Crippen LogP contribution in [0.2, 0.25) is 5.02 Å². The van der Waals surface area contributed by atoms with E-state index in [-0.39, 0.29) is 11.2 Å². The molecule has 0 heterocycles. The van der Waals surface area contributed by atoms with Gasteiger partial charge in [0.15, 0.2) is 5.78 Å². The summed E-state index contributed by atoms with van der Waals surface area (Å²) in [4.78, 5) is 11.8. The van der Waals surface area contributed by atoms with Crippen molar-refractivity contribution < 1.29 is 4.79 Å². The van der Waals surface area contributed by atoms with Gasteiger partial charge in [0.25, 0.3) is 0 Å². The Morgan fingerprint density at radius 2 is 1.86 bits per heavy atom. The third kappa shape index (κ3) is 3.15. The highest BCUT2D eigenvalue weighted by molar-refractivity contribution is 6.33. The molecule has 14 heavy (non-hydrogen) atoms. The van der Waals surface area contributed by atoms with Gasteiger partial charge in [0.05, 0.1) is 5.02 Å². The van der Waals surface area contributed by atoms with Gasteiger partial charge < -0.3 is 0 Å². The molecule has 0 amide bonds. The third-order valence-electron chi connectivity index (χ3n) is 1.87. The van der Waals surface area contributed by atoms with Crippen molar-refractivity contribution in [2.45, 2.75) is 27.2 Å². The van der Waals surface area contributed by atoms with Crippen LogP contribution in [0.15, 0.2) is 24.3 Å². The van der Waals surface area contributed by atoms with Crippen LogP contribution in [0.5, 0.6) is 0 Å². The Balaban J connectivity index is 2.86. The molecule has 0 bridgehead atoms. The van der Waals surface area contributed by atoms with Crippen LogP contribution in [0.25, 0.3) is 0 Å². The van der Waals surface area contributed by atoms with Gasteiger partial charge in [-0.2, -0.15) is 0 Å². The van der Waals surface area contributed by atoms with E-state index in [0.717, 1.165) is 0 Å². The van der Waals surface area contributed by atoms with Gasteiger partial charge in [-0.25, -0.2) is 0 Å². The van der Waals surface area contributed by atoms with E-state index in [2.05, 4.69) is 0 Å². The first kappa shape index (κ1) is 11.3. The minimum atomic E-state index is 0.0102. The molecule has 0 unspecified atom stereocenters. The fourth-order valence-corrected chi connectivity index (χ4v) is 1.51. The van der Waals surface area contributed by atoms with Gasteiger partial charge in [-0.15, -0.1) is 0 Å². The minimum Gasteiger partial charge on any atom is -0.294 e. The van der Waals surface area contributed by atoms with Gasteiger partial charge in [-0.1, -0.05) is 44.5 Å². The van der Waals surface area contributed by atoms with Gasteiger partial charge in [0.2, 0.25) is 0 Å². The normalized spacial score (nSPS) is 11.4. The first-order valence-electron chi connectivity index (χ1n) is 4.68. The Morgan fingerprint density at radius 3 is 2.36 bits per heavy atom. The largest absolute Gasteiger partial charge is 0.294 e. The Morgan fingerprint density at radius 1 is 1.29 bits per heavy atom. The molecule has 0 aliphatic carbocycles. The zero-order valence-electron chi connectivity index (χ0n) is 8.80. The molecule has 0 aromatic heterocycles. The first-order chi connectivity index (χ1) is 6.40. The quantitative estimate of drug-likeness (QED) is 0.676. The molecule has 1 aromatic carbocycles. The molecule has 2 heteroatoms. The van der Waals surface area contributed by atoms with Crippen molar-refractivity contribution in [3.05, 3.63) is 34.9 Å². The molecule has 0 spiro atoms. The van der Waals surface area contributed by atoms with E-state index in [4.69, 9.17) is 11.6 Å². The fourth-order valence-electron chi connectivity index (χ4n) is 1.26. The Kier molecular flexibility index (Phi) is 3.33. The summed E-state index contributed by atoms with van der Waals surface area (Å²) in [6.45, 7) is 6.13. The first-order valence-corrected chi connectivity index (χ1v) is 5.06. The predicted octanol–water partition coefficient (Wildman–Crippen LogP) is 3.96. The van der Waals surface area contributed by atoms with E-state index < -0.39 is 0 Å². The summed E-state index contributed by atoms with van der Waals surface area (Å²) in [6.07, 6.45) is 0.525. The molecule has 0 aliphatic heterocycles. The van der Waals surface area contributed by atoms with Crippen LogP contribution in [0.3, 0.4) is 0 Å². The standard InChI is InChI=1S/C12H15ClO/c1-12(2,3)8-11(14)9-6-4-5-7-10(9)13/h4-7H,8H2,1-3H3. The lowest BCUT2D eigenvalue weighted by molar-refractivity contribution is 0.0940. The van der Waals surface area contributed by atoms with E-state index in [1.54, 1.807) is 12.1 Å². The molecule has 0 saturated heterocycles. The van der Waals surface area contributed by atoms with E-state index in [0.29, 0.717) is 17.0 Å². The summed E-state index contributed by atoms with van der Waals surface area (Å²) >= 11 is 5.93. The number of rotatable bonds is 2. The smallest absolute Gasteiger partial charge is 0.164 e. The molecule has 0 fully saturated rings. The number of Topliss-reactive ketones (excluding diaryl/α,β-unsaturated/α-hetero) is 1. The zero-order chi connectivity index (χ0) is 10.8. The monoisotopic (exact) mass is 210 g/mol. The summed E-state index contributed by atoms with van der Waals surface area (Å²) in [5.41, 5.74) is 0.639. The van der Waals surface area contributed by atoms with E-state index >= 15 is 0 Å². The number of carbonyl (C=O) groups excluding carboxylic acids is 1. The van der Waals surface area contributed by atoms with Crippen LogP contribution in [0.1, 0.15) is 37.6 Å². The average molecular weight is 211 g/mol. The van der Waals surface area contributed by atoms with Crippen molar-refractivity contribution in [1.29, 1.82) is 0 Å². The minimum absolute atomic E-state index is 0.0102. The lowest BCUT2D eigenvalue weighted by Gasteiger charge is -2.17. The van der Waals surface area contributed by atoms with Gasteiger partial charge in [0.1, 0.15) is 0 Å². The molecule has 1 aromatic rings. The van der Waals surface area contributed by atoms with Gasteiger partial charge in [-0.3, -0.25) is 4.79 Å². The summed E-state index contributed by atoms with van der Waals surface area (Å²) < 4.78 is 0. The molecule has 0 atom stereocenters. The van der Waals surface area contributed by atoms with Crippen molar-refractivity contribution in [2.24, 2.45) is 5.41 Å². The second-order valence-electron chi connectivity index (χ2n) is 4.64. The summed E-state index contributed by atoms with van der Waals surface area (Å²) in [5.74, 6) is 0.114. The van der Waals surface area contributed by atoms with Crippen LogP contribution in [-0.2, 0) is 0 Å². The zero-order valence-corrected chi connectivity index (χ0v) is 9.56. The Bertz CT molecular complexity index is 336. The summed E-state index contributed by atoms with van der Waals surface area (Å²) in [5, 5.41) is 0.543.